The van der Waals surface area contributed by atoms with Crippen molar-refractivity contribution in [2.75, 3.05) is 18.0 Å². The molecule has 126 valence electrons. The lowest BCUT2D eigenvalue weighted by Gasteiger charge is -2.32. The van der Waals surface area contributed by atoms with Crippen molar-refractivity contribution in [2.24, 2.45) is 5.92 Å². The first-order valence-electron chi connectivity index (χ1n) is 8.19. The summed E-state index contributed by atoms with van der Waals surface area (Å²) in [4.78, 5) is 14.7. The Morgan fingerprint density at radius 2 is 2.04 bits per heavy atom. The van der Waals surface area contributed by atoms with Gasteiger partial charge in [-0.2, -0.15) is 5.10 Å². The van der Waals surface area contributed by atoms with Crippen molar-refractivity contribution in [3.8, 4) is 0 Å². The number of aryl methyl sites for hydroxylation is 1. The highest BCUT2D eigenvalue weighted by molar-refractivity contribution is 14.1. The number of amides is 1. The molecule has 5 nitrogen and oxygen atoms in total. The van der Waals surface area contributed by atoms with Crippen molar-refractivity contribution in [3.63, 3.8) is 0 Å². The Balaban J connectivity index is 1.56. The topological polar surface area (TPSA) is 58.1 Å². The summed E-state index contributed by atoms with van der Waals surface area (Å²) in [6, 6.07) is 12.2. The number of aromatic nitrogens is 2. The van der Waals surface area contributed by atoms with Crippen LogP contribution in [0.25, 0.3) is 0 Å². The van der Waals surface area contributed by atoms with Gasteiger partial charge in [0.05, 0.1) is 11.6 Å². The number of rotatable bonds is 4. The molecule has 1 aliphatic rings. The number of benzene rings is 1. The van der Waals surface area contributed by atoms with Gasteiger partial charge in [0.2, 0.25) is 5.91 Å². The molecule has 2 heterocycles. The van der Waals surface area contributed by atoms with Crippen LogP contribution >= 0.6 is 22.6 Å². The van der Waals surface area contributed by atoms with E-state index in [2.05, 4.69) is 67.3 Å². The second-order valence-corrected chi connectivity index (χ2v) is 7.41. The van der Waals surface area contributed by atoms with Crippen LogP contribution in [0.5, 0.6) is 0 Å². The highest BCUT2D eigenvalue weighted by Crippen LogP contribution is 2.21. The zero-order chi connectivity index (χ0) is 16.9. The van der Waals surface area contributed by atoms with Crippen molar-refractivity contribution in [3.05, 3.63) is 51.2 Å². The maximum Gasteiger partial charge on any atom is 0.225 e. The van der Waals surface area contributed by atoms with E-state index < -0.39 is 0 Å². The average molecular weight is 436 g/mol. The number of hydrogen-bond acceptors (Lipinski definition) is 4. The number of nitrogens with zero attached hydrogens (tertiary/aromatic N) is 3. The summed E-state index contributed by atoms with van der Waals surface area (Å²) in [6.07, 6.45) is 1.92. The Kier molecular flexibility index (Phi) is 5.65. The minimum Gasteiger partial charge on any atom is -0.354 e. The summed E-state index contributed by atoms with van der Waals surface area (Å²) in [5.41, 5.74) is 2.03. The van der Waals surface area contributed by atoms with Gasteiger partial charge in [-0.1, -0.05) is 12.1 Å². The van der Waals surface area contributed by atoms with Gasteiger partial charge in [-0.3, -0.25) is 4.79 Å². The fourth-order valence-electron chi connectivity index (χ4n) is 2.90. The molecule has 24 heavy (non-hydrogen) atoms. The summed E-state index contributed by atoms with van der Waals surface area (Å²) < 4.78 is 1.20. The molecule has 1 fully saturated rings. The van der Waals surface area contributed by atoms with Crippen LogP contribution in [0.3, 0.4) is 0 Å². The van der Waals surface area contributed by atoms with Gasteiger partial charge in [0.1, 0.15) is 0 Å². The van der Waals surface area contributed by atoms with Gasteiger partial charge in [0.25, 0.3) is 0 Å². The summed E-state index contributed by atoms with van der Waals surface area (Å²) in [5.74, 6) is 0.986. The zero-order valence-electron chi connectivity index (χ0n) is 13.7. The van der Waals surface area contributed by atoms with Crippen LogP contribution in [0.1, 0.15) is 24.1 Å². The van der Waals surface area contributed by atoms with Gasteiger partial charge in [-0.15, -0.1) is 5.10 Å². The molecule has 0 spiro atoms. The van der Waals surface area contributed by atoms with E-state index in [1.807, 2.05) is 19.1 Å². The molecule has 0 bridgehead atoms. The molecule has 1 unspecified atom stereocenters. The quantitative estimate of drug-likeness (QED) is 0.750. The fourth-order valence-corrected chi connectivity index (χ4v) is 3.26. The van der Waals surface area contributed by atoms with Crippen molar-refractivity contribution in [2.45, 2.75) is 26.3 Å². The summed E-state index contributed by atoms with van der Waals surface area (Å²) in [6.45, 7) is 4.14. The predicted octanol–water partition coefficient (Wildman–Crippen LogP) is 2.92. The number of carbonyl (C=O) groups is 1. The molecular weight excluding hydrogens is 415 g/mol. The molecule has 1 N–H and O–H groups in total. The van der Waals surface area contributed by atoms with Gasteiger partial charge in [-0.05, 0) is 72.2 Å². The van der Waals surface area contributed by atoms with Crippen molar-refractivity contribution in [1.82, 2.24) is 15.5 Å². The van der Waals surface area contributed by atoms with Gasteiger partial charge < -0.3 is 10.2 Å². The van der Waals surface area contributed by atoms with E-state index >= 15 is 0 Å². The third-order valence-electron chi connectivity index (χ3n) is 4.28. The lowest BCUT2D eigenvalue weighted by molar-refractivity contribution is -0.125. The third-order valence-corrected chi connectivity index (χ3v) is 5.00. The second-order valence-electron chi connectivity index (χ2n) is 6.16. The maximum atomic E-state index is 12.5. The smallest absolute Gasteiger partial charge is 0.225 e. The molecule has 0 radical (unpaired) electrons. The molecule has 1 amide bonds. The molecule has 0 saturated carbocycles. The summed E-state index contributed by atoms with van der Waals surface area (Å²) >= 11 is 2.28. The molecule has 3 rings (SSSR count). The number of carbonyl (C=O) groups excluding carboxylic acids is 1. The molecule has 1 aromatic heterocycles. The van der Waals surface area contributed by atoms with Crippen LogP contribution in [0.15, 0.2) is 36.4 Å². The van der Waals surface area contributed by atoms with Gasteiger partial charge >= 0.3 is 0 Å². The maximum absolute atomic E-state index is 12.5. The average Bonchev–Trinajstić information content (AvgIpc) is 2.62. The van der Waals surface area contributed by atoms with Crippen LogP contribution in [0, 0.1) is 16.4 Å². The molecule has 0 aliphatic carbocycles. The van der Waals surface area contributed by atoms with Gasteiger partial charge in [0, 0.05) is 23.2 Å². The molecular formula is C18H21IN4O. The lowest BCUT2D eigenvalue weighted by Crippen LogP contribution is -2.43. The van der Waals surface area contributed by atoms with Crippen LogP contribution < -0.4 is 10.2 Å². The number of piperidine rings is 1. The number of anilines is 1. The Hall–Kier alpha value is -1.70. The minimum atomic E-state index is 0.00528. The largest absolute Gasteiger partial charge is 0.354 e. The monoisotopic (exact) mass is 436 g/mol. The first kappa shape index (κ1) is 17.1. The molecule has 1 atom stereocenters. The van der Waals surface area contributed by atoms with Crippen LogP contribution in [0.2, 0.25) is 0 Å². The Morgan fingerprint density at radius 1 is 1.25 bits per heavy atom. The molecule has 1 aromatic carbocycles. The first-order chi connectivity index (χ1) is 11.6. The van der Waals surface area contributed by atoms with E-state index in [1.165, 1.54) is 3.57 Å². The first-order valence-corrected chi connectivity index (χ1v) is 9.27. The second kappa shape index (κ2) is 7.92. The summed E-state index contributed by atoms with van der Waals surface area (Å²) in [5, 5.41) is 11.4. The van der Waals surface area contributed by atoms with Gasteiger partial charge in [0.15, 0.2) is 5.82 Å². The van der Waals surface area contributed by atoms with Crippen molar-refractivity contribution < 1.29 is 4.79 Å². The fraction of sp³-hybridized carbons (Fsp3) is 0.389. The van der Waals surface area contributed by atoms with Crippen LogP contribution in [-0.4, -0.2) is 29.2 Å². The zero-order valence-corrected chi connectivity index (χ0v) is 15.9. The highest BCUT2D eigenvalue weighted by Gasteiger charge is 2.26. The lowest BCUT2D eigenvalue weighted by atomic mass is 9.97. The van der Waals surface area contributed by atoms with E-state index in [0.29, 0.717) is 13.1 Å². The van der Waals surface area contributed by atoms with Crippen LogP contribution in [-0.2, 0) is 11.3 Å². The number of nitrogens with one attached hydrogen (secondary N) is 1. The van der Waals surface area contributed by atoms with Crippen LogP contribution in [0.4, 0.5) is 5.82 Å². The molecule has 2 aromatic rings. The van der Waals surface area contributed by atoms with Gasteiger partial charge in [-0.25, -0.2) is 0 Å². The van der Waals surface area contributed by atoms with E-state index in [9.17, 15) is 4.79 Å². The Labute approximate surface area is 156 Å². The molecule has 1 saturated heterocycles. The molecule has 6 heteroatoms. The predicted molar refractivity (Wildman–Crippen MR) is 103 cm³/mol. The SMILES string of the molecule is Cc1ccc(N2CCCC(C(=O)NCc3ccc(I)cc3)C2)nn1. The minimum absolute atomic E-state index is 0.00528. The van der Waals surface area contributed by atoms with Crippen molar-refractivity contribution >= 4 is 34.3 Å². The van der Waals surface area contributed by atoms with E-state index in [0.717, 1.165) is 36.5 Å². The van der Waals surface area contributed by atoms with E-state index in [1.54, 1.807) is 0 Å². The van der Waals surface area contributed by atoms with E-state index in [4.69, 9.17) is 0 Å². The standard InChI is InChI=1S/C18H21IN4O/c1-13-4-9-17(22-21-13)23-10-2-3-15(12-23)18(24)20-11-14-5-7-16(19)8-6-14/h4-9,15H,2-3,10-12H2,1H3,(H,20,24). The highest BCUT2D eigenvalue weighted by atomic mass is 127. The molecule has 1 aliphatic heterocycles. The number of halogens is 1. The Morgan fingerprint density at radius 3 is 2.75 bits per heavy atom. The normalized spacial score (nSPS) is 17.6. The van der Waals surface area contributed by atoms with E-state index in [-0.39, 0.29) is 11.8 Å². The third kappa shape index (κ3) is 4.43. The van der Waals surface area contributed by atoms with Crippen molar-refractivity contribution in [1.29, 1.82) is 0 Å². The Bertz CT molecular complexity index is 687. The summed E-state index contributed by atoms with van der Waals surface area (Å²) in [7, 11) is 0. The number of hydrogen-bond donors (Lipinski definition) is 1.